The Labute approximate surface area is 199 Å². The largest absolute Gasteiger partial charge is 0.443 e. The van der Waals surface area contributed by atoms with Crippen molar-refractivity contribution >= 4 is 17.8 Å². The Morgan fingerprint density at radius 2 is 2.06 bits per heavy atom. The molecule has 0 radical (unpaired) electrons. The summed E-state index contributed by atoms with van der Waals surface area (Å²) in [5, 5.41) is 9.78. The average Bonchev–Trinajstić information content (AvgIpc) is 3.41. The summed E-state index contributed by atoms with van der Waals surface area (Å²) in [6.45, 7) is 2.48. The van der Waals surface area contributed by atoms with E-state index in [0.29, 0.717) is 24.3 Å². The lowest BCUT2D eigenvalue weighted by Crippen LogP contribution is -2.49. The van der Waals surface area contributed by atoms with E-state index < -0.39 is 30.0 Å². The molecule has 4 heterocycles. The molecule has 2 amide bonds. The Bertz CT molecular complexity index is 1130. The van der Waals surface area contributed by atoms with Crippen LogP contribution in [0.15, 0.2) is 12.4 Å². The van der Waals surface area contributed by atoms with Gasteiger partial charge in [0.25, 0.3) is 5.91 Å². The van der Waals surface area contributed by atoms with Gasteiger partial charge in [0.15, 0.2) is 11.6 Å². The molecule has 1 saturated heterocycles. The maximum atomic E-state index is 15.7. The van der Waals surface area contributed by atoms with Crippen LogP contribution in [-0.4, -0.2) is 69.6 Å². The van der Waals surface area contributed by atoms with E-state index in [2.05, 4.69) is 20.7 Å². The number of nitrogens with one attached hydrogen (secondary N) is 2. The Morgan fingerprint density at radius 1 is 1.31 bits per heavy atom. The van der Waals surface area contributed by atoms with E-state index in [4.69, 9.17) is 9.47 Å². The summed E-state index contributed by atoms with van der Waals surface area (Å²) in [6.07, 6.45) is 1.75. The van der Waals surface area contributed by atoms with E-state index in [0.717, 1.165) is 17.3 Å². The predicted octanol–water partition coefficient (Wildman–Crippen LogP) is 3.16. The number of amides is 2. The minimum absolute atomic E-state index is 0.0556. The molecular formula is C22H27F3N6O4. The number of anilines is 1. The molecule has 190 valence electrons. The number of aromatic nitrogens is 3. The fourth-order valence-electron chi connectivity index (χ4n) is 4.06. The first-order valence-electron chi connectivity index (χ1n) is 11.1. The zero-order valence-corrected chi connectivity index (χ0v) is 19.8. The topological polar surface area (TPSA) is 111 Å². The molecular weight excluding hydrogens is 469 g/mol. The summed E-state index contributed by atoms with van der Waals surface area (Å²) in [6, 6.07) is -0.382. The number of likely N-dealkylation sites (N-methyl/N-ethyl adjacent to an activating group) is 1. The minimum atomic E-state index is -2.91. The van der Waals surface area contributed by atoms with E-state index in [1.807, 2.05) is 0 Å². The number of carbonyl (C=O) groups is 2. The molecule has 0 spiro atoms. The third-order valence-corrected chi connectivity index (χ3v) is 5.75. The molecule has 2 aliphatic rings. The molecule has 2 aromatic rings. The van der Waals surface area contributed by atoms with Gasteiger partial charge in [-0.15, -0.1) is 0 Å². The van der Waals surface area contributed by atoms with Crippen molar-refractivity contribution < 1.29 is 32.2 Å². The zero-order valence-electron chi connectivity index (χ0n) is 19.8. The number of ether oxygens (including phenoxy) is 2. The smallest absolute Gasteiger partial charge is 0.417 e. The molecule has 4 rings (SSSR count). The molecule has 1 fully saturated rings. The third-order valence-electron chi connectivity index (χ3n) is 5.75. The minimum Gasteiger partial charge on any atom is -0.443 e. The highest BCUT2D eigenvalue weighted by Crippen LogP contribution is 2.37. The van der Waals surface area contributed by atoms with Gasteiger partial charge in [-0.05, 0) is 34.2 Å². The normalized spacial score (nSPS) is 20.3. The highest BCUT2D eigenvalue weighted by atomic mass is 19.3. The van der Waals surface area contributed by atoms with Crippen LogP contribution in [0.4, 0.5) is 23.8 Å². The summed E-state index contributed by atoms with van der Waals surface area (Å²) >= 11 is 0. The molecule has 2 N–H and O–H groups in total. The second-order valence-electron chi connectivity index (χ2n) is 9.34. The van der Waals surface area contributed by atoms with Crippen molar-refractivity contribution in [2.24, 2.45) is 0 Å². The van der Waals surface area contributed by atoms with Crippen molar-refractivity contribution in [2.75, 3.05) is 25.6 Å². The fourth-order valence-corrected chi connectivity index (χ4v) is 4.06. The highest BCUT2D eigenvalue weighted by molar-refractivity contribution is 6.10. The van der Waals surface area contributed by atoms with Crippen LogP contribution in [-0.2, 0) is 16.0 Å². The molecule has 10 nitrogen and oxygen atoms in total. The van der Waals surface area contributed by atoms with Crippen LogP contribution < -0.4 is 10.6 Å². The van der Waals surface area contributed by atoms with Gasteiger partial charge in [-0.3, -0.25) is 4.79 Å². The molecule has 0 aliphatic carbocycles. The van der Waals surface area contributed by atoms with Gasteiger partial charge in [-0.2, -0.15) is 13.9 Å². The van der Waals surface area contributed by atoms with Crippen molar-refractivity contribution in [3.05, 3.63) is 29.3 Å². The zero-order chi connectivity index (χ0) is 25.5. The Balaban J connectivity index is 1.78. The summed E-state index contributed by atoms with van der Waals surface area (Å²) < 4.78 is 53.2. The number of rotatable bonds is 5. The monoisotopic (exact) mass is 496 g/mol. The van der Waals surface area contributed by atoms with Gasteiger partial charge in [0.2, 0.25) is 0 Å². The van der Waals surface area contributed by atoms with Gasteiger partial charge in [0, 0.05) is 30.0 Å². The number of hydrogen-bond donors (Lipinski definition) is 2. The van der Waals surface area contributed by atoms with E-state index >= 15 is 4.39 Å². The molecule has 13 heteroatoms. The number of alkyl halides is 2. The molecule has 0 saturated carbocycles. The number of halogens is 3. The molecule has 2 atom stereocenters. The third kappa shape index (κ3) is 4.96. The molecule has 35 heavy (non-hydrogen) atoms. The number of hydrogen-bond acceptors (Lipinski definition) is 8. The summed E-state index contributed by atoms with van der Waals surface area (Å²) in [7, 11) is 1.75. The number of pyridine rings is 1. The fraction of sp³-hybridized carbons (Fsp3) is 0.545. The van der Waals surface area contributed by atoms with Gasteiger partial charge in [0.05, 0.1) is 36.6 Å². The van der Waals surface area contributed by atoms with Gasteiger partial charge in [-0.1, -0.05) is 0 Å². The number of fused-ring (bicyclic) bond motifs is 1. The summed E-state index contributed by atoms with van der Waals surface area (Å²) in [5.74, 6) is -1.79. The van der Waals surface area contributed by atoms with Gasteiger partial charge in [0.1, 0.15) is 5.60 Å². The standard InChI is InChI=1S/C22H27F3N6O4/c1-22(2,3)35-21(33)30-9-12-15(19(30)32)17(11-7-27-31(8-11)20(24)25)29-18(16(12)23)28-13-5-6-34-10-14(13)26-4/h7-8,13-14,20,26H,5-6,9-10H2,1-4H3,(H,28,29). The second kappa shape index (κ2) is 9.46. The number of nitrogens with zero attached hydrogens (tertiary/aromatic N) is 4. The average molecular weight is 496 g/mol. The van der Waals surface area contributed by atoms with Gasteiger partial charge >= 0.3 is 12.6 Å². The van der Waals surface area contributed by atoms with E-state index in [1.165, 1.54) is 0 Å². The lowest BCUT2D eigenvalue weighted by Gasteiger charge is -2.32. The maximum Gasteiger partial charge on any atom is 0.417 e. The van der Waals surface area contributed by atoms with Gasteiger partial charge < -0.3 is 20.1 Å². The maximum absolute atomic E-state index is 15.7. The molecule has 0 bridgehead atoms. The second-order valence-corrected chi connectivity index (χ2v) is 9.34. The van der Waals surface area contributed by atoms with E-state index in [9.17, 15) is 18.4 Å². The van der Waals surface area contributed by atoms with Gasteiger partial charge in [-0.25, -0.2) is 23.8 Å². The van der Waals surface area contributed by atoms with Crippen molar-refractivity contribution in [1.29, 1.82) is 0 Å². The summed E-state index contributed by atoms with van der Waals surface area (Å²) in [4.78, 5) is 31.0. The summed E-state index contributed by atoms with van der Waals surface area (Å²) in [5.41, 5.74) is -1.13. The Kier molecular flexibility index (Phi) is 6.73. The van der Waals surface area contributed by atoms with Crippen LogP contribution in [0.2, 0.25) is 0 Å². The Hall–Kier alpha value is -3.19. The molecule has 0 aromatic carbocycles. The van der Waals surface area contributed by atoms with Crippen LogP contribution in [0.3, 0.4) is 0 Å². The van der Waals surface area contributed by atoms with Crippen molar-refractivity contribution in [3.63, 3.8) is 0 Å². The number of imide groups is 1. The van der Waals surface area contributed by atoms with Crippen LogP contribution >= 0.6 is 0 Å². The van der Waals surface area contributed by atoms with Crippen LogP contribution in [0, 0.1) is 5.82 Å². The molecule has 2 aromatic heterocycles. The van der Waals surface area contributed by atoms with Crippen LogP contribution in [0.5, 0.6) is 0 Å². The molecule has 2 unspecified atom stereocenters. The first kappa shape index (κ1) is 24.9. The highest BCUT2D eigenvalue weighted by Gasteiger charge is 2.41. The van der Waals surface area contributed by atoms with E-state index in [1.54, 1.807) is 27.8 Å². The first-order chi connectivity index (χ1) is 16.5. The van der Waals surface area contributed by atoms with Crippen LogP contribution in [0.25, 0.3) is 11.3 Å². The first-order valence-corrected chi connectivity index (χ1v) is 11.1. The lowest BCUT2D eigenvalue weighted by molar-refractivity contribution is 0.0247. The van der Waals surface area contributed by atoms with Crippen molar-refractivity contribution in [3.8, 4) is 11.3 Å². The quantitative estimate of drug-likeness (QED) is 0.650. The van der Waals surface area contributed by atoms with Crippen molar-refractivity contribution in [1.82, 2.24) is 25.0 Å². The molecule has 2 aliphatic heterocycles. The lowest BCUT2D eigenvalue weighted by atomic mass is 10.0. The SMILES string of the molecule is CNC1COCCC1Nc1nc(-c2cnn(C(F)F)c2)c2c(c1F)CN(C(=O)OC(C)(C)C)C2=O. The number of carbonyl (C=O) groups excluding carboxylic acids is 2. The predicted molar refractivity (Wildman–Crippen MR) is 118 cm³/mol. The van der Waals surface area contributed by atoms with Crippen molar-refractivity contribution in [2.45, 2.75) is 58.0 Å². The van der Waals surface area contributed by atoms with Crippen LogP contribution in [0.1, 0.15) is 49.7 Å². The van der Waals surface area contributed by atoms with E-state index in [-0.39, 0.29) is 46.8 Å². The Morgan fingerprint density at radius 3 is 2.69 bits per heavy atom.